The Morgan fingerprint density at radius 1 is 1.10 bits per heavy atom. The van der Waals surface area contributed by atoms with Gasteiger partial charge in [-0.1, -0.05) is 23.7 Å². The second-order valence-corrected chi connectivity index (χ2v) is 4.78. The molecular weight excluding hydrogens is 276 g/mol. The number of hydrogen-bond acceptors (Lipinski definition) is 4. The van der Waals surface area contributed by atoms with Gasteiger partial charge in [-0.3, -0.25) is 4.68 Å². The Bertz CT molecular complexity index is 752. The molecule has 6 heteroatoms. The van der Waals surface area contributed by atoms with Crippen LogP contribution in [0.5, 0.6) is 5.88 Å². The van der Waals surface area contributed by atoms with Crippen molar-refractivity contribution < 1.29 is 5.11 Å². The molecule has 2 aromatic heterocycles. The molecular formula is C14H11ClN4O. The van der Waals surface area contributed by atoms with Crippen LogP contribution in [0, 0.1) is 0 Å². The monoisotopic (exact) mass is 286 g/mol. The van der Waals surface area contributed by atoms with E-state index in [9.17, 15) is 5.11 Å². The molecule has 5 nitrogen and oxygen atoms in total. The Labute approximate surface area is 120 Å². The third-order valence-electron chi connectivity index (χ3n) is 2.82. The minimum atomic E-state index is -0.0798. The maximum atomic E-state index is 9.77. The van der Waals surface area contributed by atoms with Gasteiger partial charge in [0.2, 0.25) is 5.88 Å². The number of rotatable bonds is 2. The summed E-state index contributed by atoms with van der Waals surface area (Å²) >= 11 is 5.87. The van der Waals surface area contributed by atoms with Gasteiger partial charge in [0.15, 0.2) is 5.82 Å². The van der Waals surface area contributed by atoms with Crippen LogP contribution in [-0.2, 0) is 7.05 Å². The van der Waals surface area contributed by atoms with E-state index in [1.165, 1.54) is 6.07 Å². The first-order chi connectivity index (χ1) is 9.61. The van der Waals surface area contributed by atoms with Crippen LogP contribution in [0.25, 0.3) is 22.6 Å². The number of aryl methyl sites for hydroxylation is 1. The highest BCUT2D eigenvalue weighted by Crippen LogP contribution is 2.25. The fraction of sp³-hybridized carbons (Fsp3) is 0.0714. The van der Waals surface area contributed by atoms with E-state index in [-0.39, 0.29) is 5.88 Å². The summed E-state index contributed by atoms with van der Waals surface area (Å²) in [6.45, 7) is 0. The first kappa shape index (κ1) is 12.6. The van der Waals surface area contributed by atoms with Crippen molar-refractivity contribution in [1.29, 1.82) is 0 Å². The van der Waals surface area contributed by atoms with Crippen molar-refractivity contribution in [3.8, 4) is 28.5 Å². The largest absolute Gasteiger partial charge is 0.493 e. The molecule has 0 amide bonds. The molecule has 100 valence electrons. The molecule has 1 aromatic carbocycles. The lowest BCUT2D eigenvalue weighted by Gasteiger charge is -2.04. The number of aromatic hydroxyl groups is 1. The van der Waals surface area contributed by atoms with E-state index >= 15 is 0 Å². The molecule has 0 saturated carbocycles. The zero-order valence-corrected chi connectivity index (χ0v) is 11.4. The van der Waals surface area contributed by atoms with Gasteiger partial charge >= 0.3 is 0 Å². The number of nitrogens with zero attached hydrogens (tertiary/aromatic N) is 4. The van der Waals surface area contributed by atoms with E-state index in [4.69, 9.17) is 11.6 Å². The van der Waals surface area contributed by atoms with Crippen molar-refractivity contribution in [2.75, 3.05) is 0 Å². The van der Waals surface area contributed by atoms with Gasteiger partial charge in [-0.2, -0.15) is 10.1 Å². The van der Waals surface area contributed by atoms with E-state index in [0.29, 0.717) is 16.5 Å². The highest BCUT2D eigenvalue weighted by atomic mass is 35.5. The van der Waals surface area contributed by atoms with Crippen LogP contribution in [-0.4, -0.2) is 24.9 Å². The Hall–Kier alpha value is -2.40. The van der Waals surface area contributed by atoms with Gasteiger partial charge in [-0.05, 0) is 12.1 Å². The molecule has 0 radical (unpaired) electrons. The molecule has 0 bridgehead atoms. The molecule has 0 aliphatic carbocycles. The molecule has 0 atom stereocenters. The molecule has 20 heavy (non-hydrogen) atoms. The van der Waals surface area contributed by atoms with E-state index in [1.54, 1.807) is 29.2 Å². The van der Waals surface area contributed by atoms with Crippen molar-refractivity contribution in [3.63, 3.8) is 0 Å². The predicted octanol–water partition coefficient (Wildman–Crippen LogP) is 2.90. The maximum absolute atomic E-state index is 9.77. The Morgan fingerprint density at radius 2 is 1.85 bits per heavy atom. The highest BCUT2D eigenvalue weighted by molar-refractivity contribution is 6.30. The zero-order chi connectivity index (χ0) is 14.1. The van der Waals surface area contributed by atoms with Gasteiger partial charge < -0.3 is 5.11 Å². The van der Waals surface area contributed by atoms with Crippen LogP contribution < -0.4 is 0 Å². The van der Waals surface area contributed by atoms with Gasteiger partial charge in [0.05, 0.1) is 17.5 Å². The van der Waals surface area contributed by atoms with Gasteiger partial charge in [0, 0.05) is 29.9 Å². The maximum Gasteiger partial charge on any atom is 0.215 e. The number of aromatic nitrogens is 4. The molecule has 0 spiro atoms. The molecule has 1 N–H and O–H groups in total. The Morgan fingerprint density at radius 3 is 2.50 bits per heavy atom. The lowest BCUT2D eigenvalue weighted by atomic mass is 10.1. The van der Waals surface area contributed by atoms with Crippen molar-refractivity contribution >= 4 is 11.6 Å². The lowest BCUT2D eigenvalue weighted by Crippen LogP contribution is -1.92. The molecule has 3 rings (SSSR count). The van der Waals surface area contributed by atoms with Crippen molar-refractivity contribution in [1.82, 2.24) is 19.7 Å². The molecule has 0 saturated heterocycles. The highest BCUT2D eigenvalue weighted by Gasteiger charge is 2.09. The van der Waals surface area contributed by atoms with Gasteiger partial charge in [0.1, 0.15) is 0 Å². The average molecular weight is 287 g/mol. The molecule has 0 aliphatic rings. The van der Waals surface area contributed by atoms with Crippen LogP contribution in [0.4, 0.5) is 0 Å². The second-order valence-electron chi connectivity index (χ2n) is 4.34. The standard InChI is InChI=1S/C14H11ClN4O/c1-19-8-10(7-16-19)14-17-12(6-13(20)18-14)9-2-4-11(15)5-3-9/h2-8H,1H3,(H,17,18,20). The van der Waals surface area contributed by atoms with Gasteiger partial charge in [0.25, 0.3) is 0 Å². The van der Waals surface area contributed by atoms with Crippen molar-refractivity contribution in [2.24, 2.45) is 7.05 Å². The summed E-state index contributed by atoms with van der Waals surface area (Å²) in [6.07, 6.45) is 3.45. The van der Waals surface area contributed by atoms with Crippen LogP contribution in [0.2, 0.25) is 5.02 Å². The summed E-state index contributed by atoms with van der Waals surface area (Å²) in [5.74, 6) is 0.354. The minimum absolute atomic E-state index is 0.0798. The number of halogens is 1. The lowest BCUT2D eigenvalue weighted by molar-refractivity contribution is 0.453. The summed E-state index contributed by atoms with van der Waals surface area (Å²) in [7, 11) is 1.81. The van der Waals surface area contributed by atoms with Gasteiger partial charge in [-0.25, -0.2) is 4.98 Å². The summed E-state index contributed by atoms with van der Waals surface area (Å²) in [6, 6.07) is 8.76. The van der Waals surface area contributed by atoms with E-state index in [0.717, 1.165) is 11.1 Å². The Balaban J connectivity index is 2.09. The van der Waals surface area contributed by atoms with Crippen LogP contribution in [0.15, 0.2) is 42.7 Å². The fourth-order valence-corrected chi connectivity index (χ4v) is 1.99. The Kier molecular flexibility index (Phi) is 3.12. The number of benzene rings is 1. The predicted molar refractivity (Wildman–Crippen MR) is 76.3 cm³/mol. The van der Waals surface area contributed by atoms with Crippen LogP contribution in [0.3, 0.4) is 0 Å². The van der Waals surface area contributed by atoms with E-state index in [2.05, 4.69) is 15.1 Å². The fourth-order valence-electron chi connectivity index (χ4n) is 1.87. The average Bonchev–Trinajstić information content (AvgIpc) is 2.85. The van der Waals surface area contributed by atoms with Crippen LogP contribution in [0.1, 0.15) is 0 Å². The molecule has 0 aliphatic heterocycles. The number of hydrogen-bond donors (Lipinski definition) is 1. The minimum Gasteiger partial charge on any atom is -0.493 e. The van der Waals surface area contributed by atoms with E-state index in [1.807, 2.05) is 19.2 Å². The van der Waals surface area contributed by atoms with Crippen molar-refractivity contribution in [3.05, 3.63) is 47.7 Å². The SMILES string of the molecule is Cn1cc(-c2nc(O)cc(-c3ccc(Cl)cc3)n2)cn1. The first-order valence-corrected chi connectivity index (χ1v) is 6.32. The summed E-state index contributed by atoms with van der Waals surface area (Å²) in [5, 5.41) is 14.5. The summed E-state index contributed by atoms with van der Waals surface area (Å²) < 4.78 is 1.66. The van der Waals surface area contributed by atoms with E-state index < -0.39 is 0 Å². The molecule has 0 fully saturated rings. The molecule has 3 aromatic rings. The second kappa shape index (κ2) is 4.94. The van der Waals surface area contributed by atoms with Crippen LogP contribution >= 0.6 is 11.6 Å². The van der Waals surface area contributed by atoms with Crippen molar-refractivity contribution in [2.45, 2.75) is 0 Å². The molecule has 2 heterocycles. The zero-order valence-electron chi connectivity index (χ0n) is 10.7. The third kappa shape index (κ3) is 2.48. The summed E-state index contributed by atoms with van der Waals surface area (Å²) in [4.78, 5) is 8.48. The quantitative estimate of drug-likeness (QED) is 0.787. The summed E-state index contributed by atoms with van der Waals surface area (Å²) in [5.41, 5.74) is 2.24. The normalized spacial score (nSPS) is 10.7. The van der Waals surface area contributed by atoms with Gasteiger partial charge in [-0.15, -0.1) is 0 Å². The first-order valence-electron chi connectivity index (χ1n) is 5.95. The molecule has 0 unspecified atom stereocenters. The topological polar surface area (TPSA) is 63.8 Å². The smallest absolute Gasteiger partial charge is 0.215 e. The third-order valence-corrected chi connectivity index (χ3v) is 3.07.